The highest BCUT2D eigenvalue weighted by atomic mass is 16.5. The van der Waals surface area contributed by atoms with E-state index in [1.165, 1.54) is 14.2 Å². The first-order chi connectivity index (χ1) is 14.9. The molecular weight excluding hydrogens is 398 g/mol. The number of amides is 1. The predicted octanol–water partition coefficient (Wildman–Crippen LogP) is 3.23. The van der Waals surface area contributed by atoms with Gasteiger partial charge < -0.3 is 19.5 Å². The summed E-state index contributed by atoms with van der Waals surface area (Å²) >= 11 is 0. The smallest absolute Gasteiger partial charge is 0.310 e. The van der Waals surface area contributed by atoms with Crippen molar-refractivity contribution in [3.05, 3.63) is 65.5 Å². The van der Waals surface area contributed by atoms with Crippen LogP contribution in [0.2, 0.25) is 0 Å². The molecule has 1 N–H and O–H groups in total. The van der Waals surface area contributed by atoms with E-state index in [4.69, 9.17) is 14.2 Å². The Morgan fingerprint density at radius 1 is 1.00 bits per heavy atom. The summed E-state index contributed by atoms with van der Waals surface area (Å²) < 4.78 is 17.3. The summed E-state index contributed by atoms with van der Waals surface area (Å²) in [6.45, 7) is 3.29. The van der Waals surface area contributed by atoms with Gasteiger partial charge in [-0.1, -0.05) is 24.3 Å². The van der Waals surface area contributed by atoms with Gasteiger partial charge in [0.15, 0.2) is 18.1 Å². The van der Waals surface area contributed by atoms with Crippen molar-refractivity contribution in [2.45, 2.75) is 20.3 Å². The fourth-order valence-electron chi connectivity index (χ4n) is 3.17. The van der Waals surface area contributed by atoms with Gasteiger partial charge in [0.05, 0.1) is 43.4 Å². The summed E-state index contributed by atoms with van der Waals surface area (Å²) in [5, 5.41) is 7.27. The summed E-state index contributed by atoms with van der Waals surface area (Å²) in [6, 6.07) is 14.8. The molecule has 31 heavy (non-hydrogen) atoms. The second-order valence-electron chi connectivity index (χ2n) is 6.87. The van der Waals surface area contributed by atoms with Gasteiger partial charge >= 0.3 is 5.97 Å². The zero-order valence-corrected chi connectivity index (χ0v) is 18.0. The molecule has 0 spiro atoms. The van der Waals surface area contributed by atoms with Crippen LogP contribution in [0.4, 0.5) is 5.69 Å². The second-order valence-corrected chi connectivity index (χ2v) is 6.87. The molecule has 162 valence electrons. The Morgan fingerprint density at radius 3 is 2.39 bits per heavy atom. The molecule has 0 atom stereocenters. The Balaban J connectivity index is 1.58. The number of ether oxygens (including phenoxy) is 3. The van der Waals surface area contributed by atoms with Crippen LogP contribution in [-0.4, -0.2) is 42.5 Å². The number of hydrogen-bond acceptors (Lipinski definition) is 6. The van der Waals surface area contributed by atoms with Crippen LogP contribution in [0.1, 0.15) is 17.0 Å². The number of para-hydroxylation sites is 1. The maximum Gasteiger partial charge on any atom is 0.310 e. The molecule has 0 unspecified atom stereocenters. The number of hydrogen-bond donors (Lipinski definition) is 1. The monoisotopic (exact) mass is 423 g/mol. The van der Waals surface area contributed by atoms with Crippen LogP contribution < -0.4 is 14.8 Å². The van der Waals surface area contributed by atoms with Gasteiger partial charge in [-0.05, 0) is 43.7 Å². The highest BCUT2D eigenvalue weighted by molar-refractivity contribution is 5.94. The van der Waals surface area contributed by atoms with Crippen molar-refractivity contribution in [1.29, 1.82) is 0 Å². The molecule has 3 rings (SSSR count). The number of methoxy groups -OCH3 is 2. The fraction of sp³-hybridized carbons (Fsp3) is 0.261. The molecule has 0 aliphatic heterocycles. The van der Waals surface area contributed by atoms with Crippen molar-refractivity contribution >= 4 is 17.6 Å². The molecular formula is C23H25N3O5. The number of benzene rings is 2. The molecule has 0 fully saturated rings. The maximum absolute atomic E-state index is 12.3. The molecule has 0 saturated carbocycles. The number of aromatic nitrogens is 2. The van der Waals surface area contributed by atoms with Gasteiger partial charge in [0.25, 0.3) is 5.91 Å². The fourth-order valence-corrected chi connectivity index (χ4v) is 3.17. The van der Waals surface area contributed by atoms with E-state index in [-0.39, 0.29) is 13.0 Å². The number of anilines is 1. The van der Waals surface area contributed by atoms with Crippen molar-refractivity contribution in [3.63, 3.8) is 0 Å². The lowest BCUT2D eigenvalue weighted by molar-refractivity contribution is -0.146. The topological polar surface area (TPSA) is 91.7 Å². The number of nitrogens with zero attached hydrogens (tertiary/aromatic N) is 2. The van der Waals surface area contributed by atoms with Crippen LogP contribution in [0.15, 0.2) is 48.5 Å². The predicted molar refractivity (Wildman–Crippen MR) is 116 cm³/mol. The Hall–Kier alpha value is -3.81. The van der Waals surface area contributed by atoms with Gasteiger partial charge in [0.2, 0.25) is 0 Å². The quantitative estimate of drug-likeness (QED) is 0.560. The van der Waals surface area contributed by atoms with E-state index in [1.807, 2.05) is 44.2 Å². The zero-order valence-electron chi connectivity index (χ0n) is 18.0. The summed E-state index contributed by atoms with van der Waals surface area (Å²) in [6.07, 6.45) is 0.0115. The molecule has 0 aliphatic carbocycles. The molecule has 8 nitrogen and oxygen atoms in total. The molecule has 3 aromatic rings. The first kappa shape index (κ1) is 21.9. The number of rotatable bonds is 8. The SMILES string of the molecule is COc1ccc(CC(=O)OCC(=O)Nc2c(C)nn(-c3ccccc3)c2C)cc1OC. The summed E-state index contributed by atoms with van der Waals surface area (Å²) in [5.74, 6) is 0.142. The third-order valence-electron chi connectivity index (χ3n) is 4.72. The van der Waals surface area contributed by atoms with Gasteiger partial charge in [-0.2, -0.15) is 5.10 Å². The minimum atomic E-state index is -0.518. The number of esters is 1. The Bertz CT molecular complexity index is 1080. The van der Waals surface area contributed by atoms with Gasteiger partial charge in [-0.15, -0.1) is 0 Å². The van der Waals surface area contributed by atoms with E-state index in [0.717, 1.165) is 11.4 Å². The number of carbonyl (C=O) groups excluding carboxylic acids is 2. The van der Waals surface area contributed by atoms with Crippen LogP contribution in [0.3, 0.4) is 0 Å². The molecule has 8 heteroatoms. The Labute approximate surface area is 180 Å². The molecule has 0 bridgehead atoms. The van der Waals surface area contributed by atoms with E-state index in [1.54, 1.807) is 22.9 Å². The zero-order chi connectivity index (χ0) is 22.4. The molecule has 1 heterocycles. The lowest BCUT2D eigenvalue weighted by Crippen LogP contribution is -2.22. The lowest BCUT2D eigenvalue weighted by Gasteiger charge is -2.10. The van der Waals surface area contributed by atoms with Crippen molar-refractivity contribution in [2.24, 2.45) is 0 Å². The van der Waals surface area contributed by atoms with Gasteiger partial charge in [-0.25, -0.2) is 4.68 Å². The molecule has 0 saturated heterocycles. The summed E-state index contributed by atoms with van der Waals surface area (Å²) in [4.78, 5) is 24.5. The average molecular weight is 423 g/mol. The van der Waals surface area contributed by atoms with E-state index >= 15 is 0 Å². The summed E-state index contributed by atoms with van der Waals surface area (Å²) in [7, 11) is 3.06. The minimum absolute atomic E-state index is 0.0115. The average Bonchev–Trinajstić information content (AvgIpc) is 3.06. The largest absolute Gasteiger partial charge is 0.493 e. The van der Waals surface area contributed by atoms with Crippen LogP contribution in [0.5, 0.6) is 11.5 Å². The molecule has 1 aromatic heterocycles. The third-order valence-corrected chi connectivity index (χ3v) is 4.72. The maximum atomic E-state index is 12.3. The highest BCUT2D eigenvalue weighted by Crippen LogP contribution is 2.28. The minimum Gasteiger partial charge on any atom is -0.493 e. The molecule has 0 aliphatic rings. The molecule has 1 amide bonds. The third kappa shape index (κ3) is 5.22. The van der Waals surface area contributed by atoms with Gasteiger partial charge in [0, 0.05) is 0 Å². The van der Waals surface area contributed by atoms with E-state index in [9.17, 15) is 9.59 Å². The van der Waals surface area contributed by atoms with E-state index in [2.05, 4.69) is 10.4 Å². The van der Waals surface area contributed by atoms with Crippen LogP contribution in [0.25, 0.3) is 5.69 Å². The number of nitrogens with one attached hydrogen (secondary N) is 1. The van der Waals surface area contributed by atoms with Crippen molar-refractivity contribution in [1.82, 2.24) is 9.78 Å². The standard InChI is InChI=1S/C23H25N3O5/c1-15-23(16(2)26(25-15)18-8-6-5-7-9-18)24-21(27)14-31-22(28)13-17-10-11-19(29-3)20(12-17)30-4/h5-12H,13-14H2,1-4H3,(H,24,27). The van der Waals surface area contributed by atoms with E-state index in [0.29, 0.717) is 28.4 Å². The molecule has 2 aromatic carbocycles. The normalized spacial score (nSPS) is 10.5. The Kier molecular flexibility index (Phi) is 6.92. The number of aryl methyl sites for hydroxylation is 1. The highest BCUT2D eigenvalue weighted by Gasteiger charge is 2.17. The van der Waals surface area contributed by atoms with E-state index < -0.39 is 11.9 Å². The second kappa shape index (κ2) is 9.80. The van der Waals surface area contributed by atoms with Crippen molar-refractivity contribution < 1.29 is 23.8 Å². The van der Waals surface area contributed by atoms with Crippen molar-refractivity contribution in [2.75, 3.05) is 26.1 Å². The lowest BCUT2D eigenvalue weighted by atomic mass is 10.1. The van der Waals surface area contributed by atoms with Crippen LogP contribution >= 0.6 is 0 Å². The summed E-state index contributed by atoms with van der Waals surface area (Å²) in [5.41, 5.74) is 3.65. The van der Waals surface area contributed by atoms with Crippen molar-refractivity contribution in [3.8, 4) is 17.2 Å². The van der Waals surface area contributed by atoms with Gasteiger partial charge in [-0.3, -0.25) is 9.59 Å². The van der Waals surface area contributed by atoms with Gasteiger partial charge in [0.1, 0.15) is 0 Å². The molecule has 0 radical (unpaired) electrons. The van der Waals surface area contributed by atoms with Crippen LogP contribution in [0, 0.1) is 13.8 Å². The first-order valence-corrected chi connectivity index (χ1v) is 9.71. The Morgan fingerprint density at radius 2 is 1.71 bits per heavy atom. The number of carbonyl (C=O) groups is 2. The first-order valence-electron chi connectivity index (χ1n) is 9.71. The van der Waals surface area contributed by atoms with Crippen LogP contribution in [-0.2, 0) is 20.7 Å².